The number of aromatic nitrogens is 4. The predicted molar refractivity (Wildman–Crippen MR) is 166 cm³/mol. The van der Waals surface area contributed by atoms with Crippen LogP contribution in [0.4, 0.5) is 5.69 Å². The molecule has 2 heterocycles. The molecule has 1 N–H and O–H groups in total. The highest BCUT2D eigenvalue weighted by Gasteiger charge is 2.12. The molecule has 0 saturated heterocycles. The molecule has 10 nitrogen and oxygen atoms in total. The number of nitrogens with zero attached hydrogens (tertiary/aromatic N) is 4. The van der Waals surface area contributed by atoms with E-state index in [1.165, 1.54) is 6.08 Å². The monoisotopic (exact) mass is 599 g/mol. The molecule has 0 aliphatic rings. The maximum Gasteiger partial charge on any atom is 0.203 e. The second-order valence-corrected chi connectivity index (χ2v) is 9.83. The first-order valence-corrected chi connectivity index (χ1v) is 13.8. The summed E-state index contributed by atoms with van der Waals surface area (Å²) in [4.78, 5) is 17.1. The van der Waals surface area contributed by atoms with Gasteiger partial charge in [-0.2, -0.15) is 0 Å². The molecule has 5 rings (SSSR count). The minimum Gasteiger partial charge on any atom is -0.493 e. The Bertz CT molecular complexity index is 1730. The Morgan fingerprint density at radius 1 is 0.977 bits per heavy atom. The van der Waals surface area contributed by atoms with Crippen molar-refractivity contribution in [2.24, 2.45) is 0 Å². The lowest BCUT2D eigenvalue weighted by Gasteiger charge is -2.12. The molecule has 5 aromatic rings. The van der Waals surface area contributed by atoms with Crippen molar-refractivity contribution < 1.29 is 23.7 Å². The summed E-state index contributed by atoms with van der Waals surface area (Å²) in [5.74, 6) is 1.98. The van der Waals surface area contributed by atoms with Crippen molar-refractivity contribution in [1.82, 2.24) is 20.0 Å². The standard InChI is InChI=1S/C32H30ClN5O5/c1-40-30-16-21(17-31(41-2)32(30)42-3)4-11-29(39)22-5-8-25(9-6-22)43-20-24-19-38(37-36-24)15-14-35-27-12-13-34-28-18-23(33)7-10-26(27)28/h4-13,16-19H,14-15,20H2,1-3H3,(H,34,35)/b11-4+. The van der Waals surface area contributed by atoms with E-state index in [-0.39, 0.29) is 12.4 Å². The number of rotatable bonds is 13. The number of ether oxygens (including phenoxy) is 4. The van der Waals surface area contributed by atoms with Gasteiger partial charge < -0.3 is 24.3 Å². The number of hydrogen-bond acceptors (Lipinski definition) is 9. The van der Waals surface area contributed by atoms with Crippen molar-refractivity contribution in [3.63, 3.8) is 0 Å². The molecule has 3 aromatic carbocycles. The first kappa shape index (κ1) is 29.4. The van der Waals surface area contributed by atoms with Crippen LogP contribution in [0, 0.1) is 0 Å². The van der Waals surface area contributed by atoms with Crippen LogP contribution in [0.5, 0.6) is 23.0 Å². The molecular weight excluding hydrogens is 570 g/mol. The Morgan fingerprint density at radius 2 is 1.74 bits per heavy atom. The number of hydrogen-bond donors (Lipinski definition) is 1. The summed E-state index contributed by atoms with van der Waals surface area (Å²) in [5.41, 5.74) is 3.77. The maximum absolute atomic E-state index is 12.7. The molecule has 0 amide bonds. The fourth-order valence-corrected chi connectivity index (χ4v) is 4.60. The zero-order valence-corrected chi connectivity index (χ0v) is 24.7. The van der Waals surface area contributed by atoms with Gasteiger partial charge in [-0.1, -0.05) is 22.9 Å². The highest BCUT2D eigenvalue weighted by molar-refractivity contribution is 6.31. The highest BCUT2D eigenvalue weighted by Crippen LogP contribution is 2.38. The maximum atomic E-state index is 12.7. The van der Waals surface area contributed by atoms with Crippen LogP contribution >= 0.6 is 11.6 Å². The minimum atomic E-state index is -0.152. The minimum absolute atomic E-state index is 0.152. The summed E-state index contributed by atoms with van der Waals surface area (Å²) in [7, 11) is 4.63. The Labute approximate surface area is 253 Å². The number of carbonyl (C=O) groups excluding carboxylic acids is 1. The molecule has 43 heavy (non-hydrogen) atoms. The summed E-state index contributed by atoms with van der Waals surface area (Å²) in [5, 5.41) is 13.5. The van der Waals surface area contributed by atoms with Crippen LogP contribution in [0.3, 0.4) is 0 Å². The molecule has 2 aromatic heterocycles. The molecule has 0 aliphatic heterocycles. The Kier molecular flexibility index (Phi) is 9.38. The quantitative estimate of drug-likeness (QED) is 0.127. The molecule has 0 aliphatic carbocycles. The van der Waals surface area contributed by atoms with Crippen LogP contribution in [0.1, 0.15) is 21.6 Å². The van der Waals surface area contributed by atoms with E-state index < -0.39 is 0 Å². The number of benzene rings is 3. The third kappa shape index (κ3) is 7.22. The molecule has 0 fully saturated rings. The fourth-order valence-electron chi connectivity index (χ4n) is 4.43. The summed E-state index contributed by atoms with van der Waals surface area (Å²) < 4.78 is 23.7. The van der Waals surface area contributed by atoms with Crippen molar-refractivity contribution in [1.29, 1.82) is 0 Å². The van der Waals surface area contributed by atoms with E-state index >= 15 is 0 Å². The summed E-state index contributed by atoms with van der Waals surface area (Å²) >= 11 is 6.08. The second kappa shape index (κ2) is 13.7. The molecule has 0 spiro atoms. The van der Waals surface area contributed by atoms with Crippen LogP contribution in [-0.4, -0.2) is 53.6 Å². The van der Waals surface area contributed by atoms with Gasteiger partial charge >= 0.3 is 0 Å². The number of allylic oxidation sites excluding steroid dienone is 1. The SMILES string of the molecule is COc1cc(/C=C/C(=O)c2ccc(OCc3cn(CCNc4ccnc5cc(Cl)ccc45)nn3)cc2)cc(OC)c1OC. The third-order valence-electron chi connectivity index (χ3n) is 6.59. The van der Waals surface area contributed by atoms with Crippen molar-refractivity contribution in [2.75, 3.05) is 33.2 Å². The number of halogens is 1. The summed E-state index contributed by atoms with van der Waals surface area (Å²) in [6, 6.07) is 18.1. The van der Waals surface area contributed by atoms with Gasteiger partial charge in [0.05, 0.1) is 39.6 Å². The van der Waals surface area contributed by atoms with Crippen LogP contribution < -0.4 is 24.3 Å². The van der Waals surface area contributed by atoms with Gasteiger partial charge in [0.25, 0.3) is 0 Å². The van der Waals surface area contributed by atoms with Crippen LogP contribution in [0.15, 0.2) is 79.1 Å². The normalized spacial score (nSPS) is 11.1. The summed E-state index contributed by atoms with van der Waals surface area (Å²) in [6.07, 6.45) is 6.79. The largest absolute Gasteiger partial charge is 0.493 e. The number of fused-ring (bicyclic) bond motifs is 1. The number of ketones is 1. The Morgan fingerprint density at radius 3 is 2.47 bits per heavy atom. The molecule has 0 atom stereocenters. The predicted octanol–water partition coefficient (Wildman–Crippen LogP) is 6.09. The van der Waals surface area contributed by atoms with Crippen LogP contribution in [-0.2, 0) is 13.2 Å². The van der Waals surface area contributed by atoms with E-state index in [1.54, 1.807) is 74.7 Å². The van der Waals surface area contributed by atoms with Gasteiger partial charge in [0.15, 0.2) is 17.3 Å². The van der Waals surface area contributed by atoms with Crippen molar-refractivity contribution in [2.45, 2.75) is 13.2 Å². The first-order valence-electron chi connectivity index (χ1n) is 13.4. The number of carbonyl (C=O) groups is 1. The van der Waals surface area contributed by atoms with E-state index in [2.05, 4.69) is 20.6 Å². The molecule has 220 valence electrons. The van der Waals surface area contributed by atoms with Gasteiger partial charge in [-0.05, 0) is 72.3 Å². The molecule has 0 saturated carbocycles. The van der Waals surface area contributed by atoms with Gasteiger partial charge in [-0.3, -0.25) is 14.5 Å². The highest BCUT2D eigenvalue weighted by atomic mass is 35.5. The molecular formula is C32H30ClN5O5. The molecule has 0 unspecified atom stereocenters. The van der Waals surface area contributed by atoms with Crippen molar-refractivity contribution in [3.05, 3.63) is 101 Å². The van der Waals surface area contributed by atoms with E-state index in [1.807, 2.05) is 30.5 Å². The fraction of sp³-hybridized carbons (Fsp3) is 0.188. The van der Waals surface area contributed by atoms with Crippen molar-refractivity contribution in [3.8, 4) is 23.0 Å². The van der Waals surface area contributed by atoms with Gasteiger partial charge in [0, 0.05) is 34.4 Å². The Balaban J connectivity index is 1.12. The smallest absolute Gasteiger partial charge is 0.203 e. The zero-order chi connectivity index (χ0) is 30.2. The third-order valence-corrected chi connectivity index (χ3v) is 6.82. The number of methoxy groups -OCH3 is 3. The number of nitrogens with one attached hydrogen (secondary N) is 1. The topological polar surface area (TPSA) is 110 Å². The lowest BCUT2D eigenvalue weighted by Crippen LogP contribution is -2.11. The van der Waals surface area contributed by atoms with E-state index in [4.69, 9.17) is 30.5 Å². The van der Waals surface area contributed by atoms with Gasteiger partial charge in [0.1, 0.15) is 18.1 Å². The van der Waals surface area contributed by atoms with Crippen LogP contribution in [0.25, 0.3) is 17.0 Å². The lowest BCUT2D eigenvalue weighted by atomic mass is 10.1. The van der Waals surface area contributed by atoms with E-state index in [0.717, 1.165) is 22.2 Å². The number of pyridine rings is 1. The zero-order valence-electron chi connectivity index (χ0n) is 23.9. The Hall–Kier alpha value is -5.09. The second-order valence-electron chi connectivity index (χ2n) is 9.39. The molecule has 0 radical (unpaired) electrons. The van der Waals surface area contributed by atoms with Crippen LogP contribution in [0.2, 0.25) is 5.02 Å². The number of anilines is 1. The van der Waals surface area contributed by atoms with Gasteiger partial charge in [-0.15, -0.1) is 5.10 Å². The molecule has 11 heteroatoms. The average molecular weight is 600 g/mol. The first-order chi connectivity index (χ1) is 21.0. The van der Waals surface area contributed by atoms with E-state index in [0.29, 0.717) is 52.4 Å². The van der Waals surface area contributed by atoms with Gasteiger partial charge in [0.2, 0.25) is 5.75 Å². The molecule has 0 bridgehead atoms. The van der Waals surface area contributed by atoms with Gasteiger partial charge in [-0.25, -0.2) is 0 Å². The van der Waals surface area contributed by atoms with E-state index in [9.17, 15) is 4.79 Å². The lowest BCUT2D eigenvalue weighted by molar-refractivity contribution is 0.104. The van der Waals surface area contributed by atoms with Crippen molar-refractivity contribution >= 4 is 40.1 Å². The average Bonchev–Trinajstić information content (AvgIpc) is 3.49. The summed E-state index contributed by atoms with van der Waals surface area (Å²) in [6.45, 7) is 1.51.